The highest BCUT2D eigenvalue weighted by atomic mass is 79.9. The minimum atomic E-state index is 0.780. The van der Waals surface area contributed by atoms with Crippen LogP contribution in [0.4, 0.5) is 0 Å². The van der Waals surface area contributed by atoms with Gasteiger partial charge in [0.05, 0.1) is 6.54 Å². The van der Waals surface area contributed by atoms with Crippen LogP contribution in [0.3, 0.4) is 0 Å². The molecular weight excluding hydrogens is 384 g/mol. The van der Waals surface area contributed by atoms with Crippen LogP contribution >= 0.6 is 27.5 Å². The summed E-state index contributed by atoms with van der Waals surface area (Å²) in [5, 5.41) is 0.780. The van der Waals surface area contributed by atoms with Gasteiger partial charge in [-0.3, -0.25) is 0 Å². The van der Waals surface area contributed by atoms with Gasteiger partial charge in [-0.25, -0.2) is 4.57 Å². The van der Waals surface area contributed by atoms with Crippen LogP contribution in [0.5, 0.6) is 0 Å². The minimum absolute atomic E-state index is 0.780. The third-order valence-corrected chi connectivity index (χ3v) is 5.44. The normalized spacial score (nSPS) is 14.2. The number of rotatable bonds is 2. The number of imidazole rings is 1. The van der Waals surface area contributed by atoms with E-state index in [1.807, 2.05) is 12.1 Å². The molecule has 122 valence electrons. The molecular formula is C20H19BrClN2+. The fraction of sp³-hybridized carbons (Fsp3) is 0.250. The second-order valence-electron chi connectivity index (χ2n) is 6.25. The zero-order chi connectivity index (χ0) is 16.5. The van der Waals surface area contributed by atoms with Crippen molar-refractivity contribution in [2.24, 2.45) is 0 Å². The molecule has 3 aromatic rings. The third-order valence-electron chi connectivity index (χ3n) is 4.66. The van der Waals surface area contributed by atoms with Crippen LogP contribution in [0.25, 0.3) is 16.9 Å². The van der Waals surface area contributed by atoms with E-state index in [1.54, 1.807) is 0 Å². The number of hydrogen-bond donors (Lipinski definition) is 0. The van der Waals surface area contributed by atoms with Gasteiger partial charge in [0.25, 0.3) is 5.82 Å². The van der Waals surface area contributed by atoms with Gasteiger partial charge >= 0.3 is 0 Å². The molecule has 24 heavy (non-hydrogen) atoms. The van der Waals surface area contributed by atoms with Crippen LogP contribution in [0.1, 0.15) is 25.1 Å². The predicted molar refractivity (Wildman–Crippen MR) is 102 cm³/mol. The fourth-order valence-electron chi connectivity index (χ4n) is 3.45. The Kier molecular flexibility index (Phi) is 4.47. The van der Waals surface area contributed by atoms with Crippen molar-refractivity contribution in [1.29, 1.82) is 0 Å². The van der Waals surface area contributed by atoms with Crippen LogP contribution < -0.4 is 4.57 Å². The molecule has 0 bridgehead atoms. The molecule has 0 radical (unpaired) electrons. The molecule has 0 fully saturated rings. The molecule has 0 aliphatic carbocycles. The van der Waals surface area contributed by atoms with Gasteiger partial charge in [0.15, 0.2) is 5.69 Å². The van der Waals surface area contributed by atoms with Gasteiger partial charge in [0.2, 0.25) is 0 Å². The molecule has 0 saturated carbocycles. The van der Waals surface area contributed by atoms with Crippen LogP contribution in [0.15, 0.2) is 59.2 Å². The molecule has 4 rings (SSSR count). The lowest BCUT2D eigenvalue weighted by Gasteiger charge is -2.03. The highest BCUT2D eigenvalue weighted by Crippen LogP contribution is 2.25. The van der Waals surface area contributed by atoms with Gasteiger partial charge in [-0.1, -0.05) is 27.5 Å². The maximum absolute atomic E-state index is 6.07. The van der Waals surface area contributed by atoms with E-state index in [1.165, 1.54) is 42.0 Å². The Hall–Kier alpha value is -1.58. The number of nitrogens with zero attached hydrogens (tertiary/aromatic N) is 2. The van der Waals surface area contributed by atoms with Gasteiger partial charge < -0.3 is 0 Å². The van der Waals surface area contributed by atoms with E-state index < -0.39 is 0 Å². The van der Waals surface area contributed by atoms with Crippen molar-refractivity contribution >= 4 is 27.5 Å². The topological polar surface area (TPSA) is 8.81 Å². The van der Waals surface area contributed by atoms with Crippen LogP contribution in [0, 0.1) is 0 Å². The molecule has 1 aliphatic heterocycles. The van der Waals surface area contributed by atoms with E-state index in [2.05, 4.69) is 67.7 Å². The fourth-order valence-corrected chi connectivity index (χ4v) is 3.84. The molecule has 4 heteroatoms. The number of halogens is 2. The smallest absolute Gasteiger partial charge is 0.227 e. The molecule has 1 aliphatic rings. The van der Waals surface area contributed by atoms with Gasteiger partial charge in [-0.05, 0) is 67.8 Å². The Morgan fingerprint density at radius 1 is 0.917 bits per heavy atom. The highest BCUT2D eigenvalue weighted by molar-refractivity contribution is 9.10. The van der Waals surface area contributed by atoms with Crippen molar-refractivity contribution in [2.45, 2.75) is 32.2 Å². The van der Waals surface area contributed by atoms with Gasteiger partial charge in [0, 0.05) is 21.5 Å². The zero-order valence-electron chi connectivity index (χ0n) is 13.4. The van der Waals surface area contributed by atoms with Gasteiger partial charge in [0.1, 0.15) is 11.9 Å². The summed E-state index contributed by atoms with van der Waals surface area (Å²) >= 11 is 9.60. The molecule has 2 heterocycles. The van der Waals surface area contributed by atoms with Crippen molar-refractivity contribution in [3.05, 3.63) is 70.0 Å². The second kappa shape index (κ2) is 6.73. The molecule has 0 saturated heterocycles. The van der Waals surface area contributed by atoms with E-state index in [0.717, 1.165) is 22.5 Å². The lowest BCUT2D eigenvalue weighted by molar-refractivity contribution is -0.692. The summed E-state index contributed by atoms with van der Waals surface area (Å²) in [7, 11) is 0. The van der Waals surface area contributed by atoms with Crippen molar-refractivity contribution < 1.29 is 4.57 Å². The summed E-state index contributed by atoms with van der Waals surface area (Å²) in [5.74, 6) is 1.39. The Bertz CT molecular complexity index is 781. The SMILES string of the molecule is Clc1ccc(-c2cn(-c3ccc(Br)cc3)c3[n+]2CCCCC3)cc1. The first-order chi connectivity index (χ1) is 11.7. The van der Waals surface area contributed by atoms with E-state index in [-0.39, 0.29) is 0 Å². The summed E-state index contributed by atoms with van der Waals surface area (Å²) in [6, 6.07) is 16.7. The summed E-state index contributed by atoms with van der Waals surface area (Å²) in [6.07, 6.45) is 7.17. The summed E-state index contributed by atoms with van der Waals surface area (Å²) < 4.78 is 5.94. The van der Waals surface area contributed by atoms with Crippen molar-refractivity contribution in [2.75, 3.05) is 0 Å². The van der Waals surface area contributed by atoms with Crippen molar-refractivity contribution in [1.82, 2.24) is 4.57 Å². The van der Waals surface area contributed by atoms with Crippen molar-refractivity contribution in [3.63, 3.8) is 0 Å². The average molecular weight is 403 g/mol. The summed E-state index contributed by atoms with van der Waals surface area (Å²) in [6.45, 7) is 1.08. The molecule has 1 aromatic heterocycles. The molecule has 0 spiro atoms. The van der Waals surface area contributed by atoms with Gasteiger partial charge in [-0.2, -0.15) is 4.57 Å². The quantitative estimate of drug-likeness (QED) is 0.495. The first-order valence-corrected chi connectivity index (χ1v) is 9.55. The molecule has 0 unspecified atom stereocenters. The predicted octanol–water partition coefficient (Wildman–Crippen LogP) is 5.57. The minimum Gasteiger partial charge on any atom is -0.227 e. The molecule has 0 N–H and O–H groups in total. The second-order valence-corrected chi connectivity index (χ2v) is 7.60. The average Bonchev–Trinajstić information content (AvgIpc) is 2.78. The monoisotopic (exact) mass is 401 g/mol. The molecule has 0 amide bonds. The lowest BCUT2D eigenvalue weighted by Crippen LogP contribution is -2.38. The number of hydrogen-bond acceptors (Lipinski definition) is 0. The van der Waals surface area contributed by atoms with Crippen LogP contribution in [-0.2, 0) is 13.0 Å². The lowest BCUT2D eigenvalue weighted by atomic mass is 10.1. The molecule has 2 nitrogen and oxygen atoms in total. The first-order valence-electron chi connectivity index (χ1n) is 8.38. The Morgan fingerprint density at radius 3 is 2.42 bits per heavy atom. The Balaban J connectivity index is 1.88. The number of fused-ring (bicyclic) bond motifs is 1. The zero-order valence-corrected chi connectivity index (χ0v) is 15.7. The standard InChI is InChI=1S/C20H19BrClN2/c21-16-7-11-18(12-8-16)24-14-19(15-5-9-17(22)10-6-15)23-13-3-1-2-4-20(23)24/h5-12,14H,1-4,13H2/q+1. The third kappa shape index (κ3) is 3.03. The van der Waals surface area contributed by atoms with E-state index in [0.29, 0.717) is 0 Å². The van der Waals surface area contributed by atoms with Crippen LogP contribution in [-0.4, -0.2) is 4.57 Å². The summed E-state index contributed by atoms with van der Waals surface area (Å²) in [5.41, 5.74) is 3.70. The maximum Gasteiger partial charge on any atom is 0.262 e. The Labute approximate surface area is 155 Å². The number of benzene rings is 2. The first kappa shape index (κ1) is 15.9. The van der Waals surface area contributed by atoms with E-state index >= 15 is 0 Å². The van der Waals surface area contributed by atoms with Crippen molar-refractivity contribution in [3.8, 4) is 16.9 Å². The highest BCUT2D eigenvalue weighted by Gasteiger charge is 2.26. The maximum atomic E-state index is 6.07. The number of aromatic nitrogens is 2. The Morgan fingerprint density at radius 2 is 1.67 bits per heavy atom. The molecule has 0 atom stereocenters. The van der Waals surface area contributed by atoms with Gasteiger partial charge in [-0.15, -0.1) is 0 Å². The molecule has 2 aromatic carbocycles. The largest absolute Gasteiger partial charge is 0.262 e. The summed E-state index contributed by atoms with van der Waals surface area (Å²) in [4.78, 5) is 0. The van der Waals surface area contributed by atoms with E-state index in [9.17, 15) is 0 Å². The van der Waals surface area contributed by atoms with E-state index in [4.69, 9.17) is 11.6 Å². The van der Waals surface area contributed by atoms with Crippen LogP contribution in [0.2, 0.25) is 5.02 Å².